The number of non-ortho nitro benzene ring substituents is 1. The minimum absolute atomic E-state index is 0.0483. The molecule has 1 heterocycles. The van der Waals surface area contributed by atoms with Crippen LogP contribution in [0.3, 0.4) is 0 Å². The molecule has 0 aliphatic carbocycles. The van der Waals surface area contributed by atoms with Crippen LogP contribution < -0.4 is 5.32 Å². The third-order valence-electron chi connectivity index (χ3n) is 3.78. The van der Waals surface area contributed by atoms with Crippen LogP contribution in [0.5, 0.6) is 5.75 Å². The number of amides is 1. The first-order chi connectivity index (χ1) is 11.8. The summed E-state index contributed by atoms with van der Waals surface area (Å²) in [5.41, 5.74) is 2.93. The monoisotopic (exact) mass is 341 g/mol. The quantitative estimate of drug-likeness (QED) is 0.427. The van der Waals surface area contributed by atoms with Crippen molar-refractivity contribution in [1.82, 2.24) is 5.16 Å². The van der Waals surface area contributed by atoms with Gasteiger partial charge in [0.05, 0.1) is 23.1 Å². The van der Waals surface area contributed by atoms with Gasteiger partial charge in [0.2, 0.25) is 5.91 Å². The van der Waals surface area contributed by atoms with Crippen molar-refractivity contribution in [1.29, 1.82) is 0 Å². The van der Waals surface area contributed by atoms with Gasteiger partial charge in [-0.05, 0) is 37.1 Å². The van der Waals surface area contributed by atoms with Crippen LogP contribution in [-0.2, 0) is 11.2 Å². The highest BCUT2D eigenvalue weighted by atomic mass is 16.6. The molecule has 0 unspecified atom stereocenters. The molecule has 2 aromatic carbocycles. The van der Waals surface area contributed by atoms with E-state index in [0.29, 0.717) is 11.3 Å². The summed E-state index contributed by atoms with van der Waals surface area (Å²) in [5, 5.41) is 27.7. The molecule has 0 fully saturated rings. The summed E-state index contributed by atoms with van der Waals surface area (Å²) in [5.74, 6) is -0.793. The number of nitrogens with one attached hydrogen (secondary N) is 1. The summed E-state index contributed by atoms with van der Waals surface area (Å²) < 4.78 is 5.27. The topological polar surface area (TPSA) is 118 Å². The third-order valence-corrected chi connectivity index (χ3v) is 3.78. The highest BCUT2D eigenvalue weighted by Crippen LogP contribution is 2.29. The van der Waals surface area contributed by atoms with Crippen LogP contribution in [0.1, 0.15) is 16.8 Å². The van der Waals surface area contributed by atoms with Crippen molar-refractivity contribution in [3.63, 3.8) is 0 Å². The fourth-order valence-corrected chi connectivity index (χ4v) is 2.73. The maximum Gasteiger partial charge on any atom is 0.273 e. The number of nitro groups is 1. The standard InChI is InChI=1S/C17H15N3O5/c1-9-5-10(2)17-13(19-25-15(17)6-9)8-16(22)18-12-4-3-11(20(23)24)7-14(12)21/h3-7,21H,8H2,1-2H3,(H,18,22). The first-order valence-electron chi connectivity index (χ1n) is 7.48. The molecule has 2 N–H and O–H groups in total. The number of hydrogen-bond donors (Lipinski definition) is 2. The Morgan fingerprint density at radius 1 is 1.32 bits per heavy atom. The van der Waals surface area contributed by atoms with Gasteiger partial charge in [0.15, 0.2) is 5.58 Å². The highest BCUT2D eigenvalue weighted by Gasteiger charge is 2.17. The molecule has 0 aliphatic rings. The lowest BCUT2D eigenvalue weighted by Crippen LogP contribution is -2.15. The normalized spacial score (nSPS) is 10.8. The van der Waals surface area contributed by atoms with Gasteiger partial charge in [0.1, 0.15) is 11.4 Å². The van der Waals surface area contributed by atoms with Gasteiger partial charge in [-0.25, -0.2) is 0 Å². The minimum atomic E-state index is -0.627. The number of nitrogens with zero attached hydrogens (tertiary/aromatic N) is 2. The first-order valence-corrected chi connectivity index (χ1v) is 7.48. The van der Waals surface area contributed by atoms with E-state index in [4.69, 9.17) is 4.52 Å². The second kappa shape index (κ2) is 6.23. The zero-order valence-electron chi connectivity index (χ0n) is 13.6. The van der Waals surface area contributed by atoms with Crippen molar-refractivity contribution >= 4 is 28.3 Å². The zero-order chi connectivity index (χ0) is 18.1. The number of aryl methyl sites for hydroxylation is 2. The van der Waals surface area contributed by atoms with E-state index in [1.54, 1.807) is 0 Å². The molecule has 0 atom stereocenters. The Kier molecular flexibility index (Phi) is 4.10. The number of phenolic OH excluding ortho intramolecular Hbond substituents is 1. The third kappa shape index (κ3) is 3.27. The molecule has 0 bridgehead atoms. The van der Waals surface area contributed by atoms with Crippen molar-refractivity contribution in [2.24, 2.45) is 0 Å². The molecule has 25 heavy (non-hydrogen) atoms. The number of rotatable bonds is 4. The lowest BCUT2D eigenvalue weighted by molar-refractivity contribution is -0.384. The van der Waals surface area contributed by atoms with E-state index in [9.17, 15) is 20.0 Å². The Bertz CT molecular complexity index is 993. The summed E-state index contributed by atoms with van der Waals surface area (Å²) in [6.45, 7) is 3.86. The summed E-state index contributed by atoms with van der Waals surface area (Å²) in [6.07, 6.45) is -0.0483. The van der Waals surface area contributed by atoms with Crippen molar-refractivity contribution < 1.29 is 19.3 Å². The first kappa shape index (κ1) is 16.4. The van der Waals surface area contributed by atoms with Crippen molar-refractivity contribution in [2.45, 2.75) is 20.3 Å². The van der Waals surface area contributed by atoms with E-state index < -0.39 is 10.8 Å². The summed E-state index contributed by atoms with van der Waals surface area (Å²) in [7, 11) is 0. The molecule has 1 amide bonds. The lowest BCUT2D eigenvalue weighted by Gasteiger charge is -2.06. The number of carbonyl (C=O) groups excluding carboxylic acids is 1. The van der Waals surface area contributed by atoms with Crippen LogP contribution in [0, 0.1) is 24.0 Å². The lowest BCUT2D eigenvalue weighted by atomic mass is 10.0. The molecule has 0 radical (unpaired) electrons. The predicted molar refractivity (Wildman–Crippen MR) is 90.6 cm³/mol. The van der Waals surface area contributed by atoms with Gasteiger partial charge in [0, 0.05) is 11.5 Å². The molecule has 8 heteroatoms. The maximum atomic E-state index is 12.2. The Morgan fingerprint density at radius 2 is 2.08 bits per heavy atom. The van der Waals surface area contributed by atoms with E-state index in [1.165, 1.54) is 12.1 Å². The summed E-state index contributed by atoms with van der Waals surface area (Å²) in [6, 6.07) is 7.28. The van der Waals surface area contributed by atoms with Crippen LogP contribution in [0.15, 0.2) is 34.9 Å². The van der Waals surface area contributed by atoms with Crippen LogP contribution in [0.2, 0.25) is 0 Å². The second-order valence-electron chi connectivity index (χ2n) is 5.77. The van der Waals surface area contributed by atoms with Gasteiger partial charge in [-0.3, -0.25) is 14.9 Å². The summed E-state index contributed by atoms with van der Waals surface area (Å²) >= 11 is 0. The molecular formula is C17H15N3O5. The van der Waals surface area contributed by atoms with Gasteiger partial charge in [-0.1, -0.05) is 11.2 Å². The van der Waals surface area contributed by atoms with Gasteiger partial charge in [-0.2, -0.15) is 0 Å². The Balaban J connectivity index is 1.81. The number of fused-ring (bicyclic) bond motifs is 1. The van der Waals surface area contributed by atoms with E-state index >= 15 is 0 Å². The maximum absolute atomic E-state index is 12.2. The average Bonchev–Trinajstić information content (AvgIpc) is 2.91. The Morgan fingerprint density at radius 3 is 2.76 bits per heavy atom. The predicted octanol–water partition coefficient (Wildman–Crippen LogP) is 3.24. The highest BCUT2D eigenvalue weighted by molar-refractivity contribution is 5.96. The number of carbonyl (C=O) groups is 1. The van der Waals surface area contributed by atoms with Gasteiger partial charge >= 0.3 is 0 Å². The minimum Gasteiger partial charge on any atom is -0.506 e. The number of aromatic nitrogens is 1. The van der Waals surface area contributed by atoms with E-state index in [0.717, 1.165) is 22.6 Å². The summed E-state index contributed by atoms with van der Waals surface area (Å²) in [4.78, 5) is 22.3. The fourth-order valence-electron chi connectivity index (χ4n) is 2.73. The number of anilines is 1. The molecule has 0 saturated carbocycles. The molecule has 0 saturated heterocycles. The molecule has 8 nitrogen and oxygen atoms in total. The molecule has 128 valence electrons. The van der Waals surface area contributed by atoms with Crippen LogP contribution >= 0.6 is 0 Å². The Labute approximate surface area is 142 Å². The van der Waals surface area contributed by atoms with E-state index in [2.05, 4.69) is 10.5 Å². The molecule has 0 aliphatic heterocycles. The smallest absolute Gasteiger partial charge is 0.273 e. The van der Waals surface area contributed by atoms with E-state index in [1.807, 2.05) is 26.0 Å². The van der Waals surface area contributed by atoms with E-state index in [-0.39, 0.29) is 23.5 Å². The van der Waals surface area contributed by atoms with Crippen molar-refractivity contribution in [3.05, 3.63) is 57.3 Å². The van der Waals surface area contributed by atoms with Crippen LogP contribution in [-0.4, -0.2) is 21.1 Å². The SMILES string of the molecule is Cc1cc(C)c2c(CC(=O)Nc3ccc([N+](=O)[O-])cc3O)noc2c1. The number of hydrogen-bond acceptors (Lipinski definition) is 6. The number of benzene rings is 2. The number of aromatic hydroxyl groups is 1. The number of nitro benzene ring substituents is 1. The fraction of sp³-hybridized carbons (Fsp3) is 0.176. The van der Waals surface area contributed by atoms with Crippen molar-refractivity contribution in [3.8, 4) is 5.75 Å². The molecule has 3 aromatic rings. The van der Waals surface area contributed by atoms with Gasteiger partial charge < -0.3 is 14.9 Å². The number of phenols is 1. The van der Waals surface area contributed by atoms with Gasteiger partial charge in [0.25, 0.3) is 5.69 Å². The molecule has 0 spiro atoms. The zero-order valence-corrected chi connectivity index (χ0v) is 13.6. The second-order valence-corrected chi connectivity index (χ2v) is 5.77. The molecule has 1 aromatic heterocycles. The van der Waals surface area contributed by atoms with Crippen LogP contribution in [0.25, 0.3) is 11.0 Å². The van der Waals surface area contributed by atoms with Crippen LogP contribution in [0.4, 0.5) is 11.4 Å². The van der Waals surface area contributed by atoms with Crippen molar-refractivity contribution in [2.75, 3.05) is 5.32 Å². The largest absolute Gasteiger partial charge is 0.506 e. The van der Waals surface area contributed by atoms with Gasteiger partial charge in [-0.15, -0.1) is 0 Å². The molecule has 3 rings (SSSR count). The molecular weight excluding hydrogens is 326 g/mol. The Hall–Kier alpha value is -3.42. The average molecular weight is 341 g/mol.